The Kier molecular flexibility index (Phi) is 5.00. The molecule has 0 saturated heterocycles. The fourth-order valence-corrected chi connectivity index (χ4v) is 1.17. The molecule has 0 aliphatic heterocycles. The molecule has 1 heterocycles. The molecule has 1 aromatic rings. The smallest absolute Gasteiger partial charge is 0.287 e. The standard InChI is InChI=1S/C12H16N2O3/c1-9(2)8-11(15)13-5-6-14-12(16)10-4-3-7-17-10/h3-4,7-8H,5-6H2,1-2H3,(H,13,15)(H,14,16). The molecule has 0 bridgehead atoms. The van der Waals surface area contributed by atoms with Crippen LogP contribution in [0.3, 0.4) is 0 Å². The van der Waals surface area contributed by atoms with E-state index in [1.165, 1.54) is 12.3 Å². The molecule has 1 aromatic heterocycles. The van der Waals surface area contributed by atoms with Crippen LogP contribution in [-0.4, -0.2) is 24.9 Å². The molecule has 0 unspecified atom stereocenters. The van der Waals surface area contributed by atoms with Crippen molar-refractivity contribution in [2.45, 2.75) is 13.8 Å². The lowest BCUT2D eigenvalue weighted by Crippen LogP contribution is -2.33. The second-order valence-electron chi connectivity index (χ2n) is 3.75. The first-order valence-corrected chi connectivity index (χ1v) is 5.34. The highest BCUT2D eigenvalue weighted by Gasteiger charge is 2.06. The number of amides is 2. The van der Waals surface area contributed by atoms with Crippen LogP contribution in [0.1, 0.15) is 24.4 Å². The summed E-state index contributed by atoms with van der Waals surface area (Å²) in [6.45, 7) is 4.44. The molecule has 17 heavy (non-hydrogen) atoms. The SMILES string of the molecule is CC(C)=CC(=O)NCCNC(=O)c1ccco1. The quantitative estimate of drug-likeness (QED) is 0.594. The number of hydrogen-bond donors (Lipinski definition) is 2. The molecule has 0 aromatic carbocycles. The molecule has 0 aliphatic rings. The highest BCUT2D eigenvalue weighted by atomic mass is 16.3. The van der Waals surface area contributed by atoms with Gasteiger partial charge in [-0.15, -0.1) is 0 Å². The van der Waals surface area contributed by atoms with Crippen molar-refractivity contribution in [2.24, 2.45) is 0 Å². The summed E-state index contributed by atoms with van der Waals surface area (Å²) < 4.78 is 4.92. The summed E-state index contributed by atoms with van der Waals surface area (Å²) >= 11 is 0. The van der Waals surface area contributed by atoms with E-state index in [1.807, 2.05) is 13.8 Å². The highest BCUT2D eigenvalue weighted by molar-refractivity contribution is 5.91. The number of rotatable bonds is 5. The van der Waals surface area contributed by atoms with Gasteiger partial charge >= 0.3 is 0 Å². The third kappa shape index (κ3) is 5.01. The van der Waals surface area contributed by atoms with E-state index in [9.17, 15) is 9.59 Å². The average molecular weight is 236 g/mol. The minimum atomic E-state index is -0.286. The van der Waals surface area contributed by atoms with Gasteiger partial charge < -0.3 is 15.1 Å². The second-order valence-corrected chi connectivity index (χ2v) is 3.75. The molecular weight excluding hydrogens is 220 g/mol. The van der Waals surface area contributed by atoms with Crippen LogP contribution in [-0.2, 0) is 4.79 Å². The molecule has 0 atom stereocenters. The Hall–Kier alpha value is -2.04. The number of carbonyl (C=O) groups is 2. The molecule has 2 N–H and O–H groups in total. The van der Waals surface area contributed by atoms with Crippen molar-refractivity contribution < 1.29 is 14.0 Å². The van der Waals surface area contributed by atoms with Gasteiger partial charge in [0, 0.05) is 19.2 Å². The zero-order valence-electron chi connectivity index (χ0n) is 9.95. The van der Waals surface area contributed by atoms with E-state index < -0.39 is 0 Å². The van der Waals surface area contributed by atoms with Crippen LogP contribution in [0.15, 0.2) is 34.5 Å². The molecule has 0 radical (unpaired) electrons. The van der Waals surface area contributed by atoms with E-state index >= 15 is 0 Å². The normalized spacial score (nSPS) is 9.53. The van der Waals surface area contributed by atoms with Gasteiger partial charge in [0.15, 0.2) is 5.76 Å². The van der Waals surface area contributed by atoms with E-state index in [2.05, 4.69) is 10.6 Å². The Morgan fingerprint density at radius 2 is 2.00 bits per heavy atom. The van der Waals surface area contributed by atoms with Crippen molar-refractivity contribution in [3.05, 3.63) is 35.8 Å². The molecule has 0 saturated carbocycles. The topological polar surface area (TPSA) is 71.3 Å². The van der Waals surface area contributed by atoms with Crippen LogP contribution >= 0.6 is 0 Å². The van der Waals surface area contributed by atoms with Crippen LogP contribution in [0.5, 0.6) is 0 Å². The van der Waals surface area contributed by atoms with E-state index in [1.54, 1.807) is 12.1 Å². The summed E-state index contributed by atoms with van der Waals surface area (Å²) in [5, 5.41) is 5.28. The maximum absolute atomic E-state index is 11.4. The van der Waals surface area contributed by atoms with Crippen LogP contribution in [0.2, 0.25) is 0 Å². The van der Waals surface area contributed by atoms with Gasteiger partial charge in [0.05, 0.1) is 6.26 Å². The van der Waals surface area contributed by atoms with E-state index in [4.69, 9.17) is 4.42 Å². The Morgan fingerprint density at radius 3 is 2.59 bits per heavy atom. The van der Waals surface area contributed by atoms with Crippen molar-refractivity contribution in [2.75, 3.05) is 13.1 Å². The highest BCUT2D eigenvalue weighted by Crippen LogP contribution is 1.98. The largest absolute Gasteiger partial charge is 0.459 e. The lowest BCUT2D eigenvalue weighted by Gasteiger charge is -2.04. The maximum Gasteiger partial charge on any atom is 0.287 e. The lowest BCUT2D eigenvalue weighted by atomic mass is 10.3. The predicted molar refractivity (Wildman–Crippen MR) is 63.5 cm³/mol. The van der Waals surface area contributed by atoms with Gasteiger partial charge in [-0.05, 0) is 26.0 Å². The minimum absolute atomic E-state index is 0.155. The first-order chi connectivity index (χ1) is 8.09. The second kappa shape index (κ2) is 6.52. The minimum Gasteiger partial charge on any atom is -0.459 e. The summed E-state index contributed by atoms with van der Waals surface area (Å²) in [4.78, 5) is 22.6. The zero-order chi connectivity index (χ0) is 12.7. The number of carbonyl (C=O) groups excluding carboxylic acids is 2. The third-order valence-corrected chi connectivity index (χ3v) is 1.87. The monoisotopic (exact) mass is 236 g/mol. The van der Waals surface area contributed by atoms with Gasteiger partial charge in [0.2, 0.25) is 5.91 Å². The molecule has 92 valence electrons. The van der Waals surface area contributed by atoms with Gasteiger partial charge in [0.25, 0.3) is 5.91 Å². The fraction of sp³-hybridized carbons (Fsp3) is 0.333. The summed E-state index contributed by atoms with van der Waals surface area (Å²) in [7, 11) is 0. The number of nitrogens with one attached hydrogen (secondary N) is 2. The third-order valence-electron chi connectivity index (χ3n) is 1.87. The number of allylic oxidation sites excluding steroid dienone is 1. The summed E-state index contributed by atoms with van der Waals surface area (Å²) in [6.07, 6.45) is 2.94. The van der Waals surface area contributed by atoms with Crippen LogP contribution in [0.25, 0.3) is 0 Å². The summed E-state index contributed by atoms with van der Waals surface area (Å²) in [5.41, 5.74) is 0.933. The fourth-order valence-electron chi connectivity index (χ4n) is 1.17. The maximum atomic E-state index is 11.4. The Morgan fingerprint density at radius 1 is 1.29 bits per heavy atom. The molecule has 0 aliphatic carbocycles. The van der Waals surface area contributed by atoms with Crippen molar-refractivity contribution in [3.63, 3.8) is 0 Å². The first-order valence-electron chi connectivity index (χ1n) is 5.34. The Labute approximate surface area is 99.9 Å². The summed E-state index contributed by atoms with van der Waals surface area (Å²) in [6, 6.07) is 3.22. The van der Waals surface area contributed by atoms with Gasteiger partial charge in [0.1, 0.15) is 0 Å². The molecule has 5 nitrogen and oxygen atoms in total. The first kappa shape index (κ1) is 13.0. The van der Waals surface area contributed by atoms with Gasteiger partial charge in [-0.3, -0.25) is 9.59 Å². The number of furan rings is 1. The molecule has 0 fully saturated rings. The summed E-state index contributed by atoms with van der Waals surface area (Å²) in [5.74, 6) is -0.177. The van der Waals surface area contributed by atoms with Gasteiger partial charge in [-0.25, -0.2) is 0 Å². The van der Waals surface area contributed by atoms with Crippen molar-refractivity contribution >= 4 is 11.8 Å². The van der Waals surface area contributed by atoms with Crippen molar-refractivity contribution in [3.8, 4) is 0 Å². The Bertz CT molecular complexity index is 403. The van der Waals surface area contributed by atoms with Crippen LogP contribution in [0, 0.1) is 0 Å². The predicted octanol–water partition coefficient (Wildman–Crippen LogP) is 1.09. The van der Waals surface area contributed by atoms with E-state index in [0.29, 0.717) is 13.1 Å². The van der Waals surface area contributed by atoms with Crippen LogP contribution < -0.4 is 10.6 Å². The number of hydrogen-bond acceptors (Lipinski definition) is 3. The van der Waals surface area contributed by atoms with Crippen molar-refractivity contribution in [1.29, 1.82) is 0 Å². The zero-order valence-corrected chi connectivity index (χ0v) is 9.95. The van der Waals surface area contributed by atoms with Gasteiger partial charge in [-0.1, -0.05) is 5.57 Å². The Balaban J connectivity index is 2.19. The average Bonchev–Trinajstić information content (AvgIpc) is 2.76. The molecular formula is C12H16N2O3. The van der Waals surface area contributed by atoms with Crippen molar-refractivity contribution in [1.82, 2.24) is 10.6 Å². The molecule has 0 spiro atoms. The van der Waals surface area contributed by atoms with Crippen LogP contribution in [0.4, 0.5) is 0 Å². The van der Waals surface area contributed by atoms with E-state index in [-0.39, 0.29) is 17.6 Å². The lowest BCUT2D eigenvalue weighted by molar-refractivity contribution is -0.116. The van der Waals surface area contributed by atoms with Gasteiger partial charge in [-0.2, -0.15) is 0 Å². The molecule has 5 heteroatoms. The molecule has 2 amide bonds. The van der Waals surface area contributed by atoms with E-state index in [0.717, 1.165) is 5.57 Å². The molecule has 1 rings (SSSR count).